The van der Waals surface area contributed by atoms with E-state index in [1.54, 1.807) is 24.3 Å². The summed E-state index contributed by atoms with van der Waals surface area (Å²) in [7, 11) is 0. The van der Waals surface area contributed by atoms with Crippen molar-refractivity contribution in [3.8, 4) is 11.3 Å². The summed E-state index contributed by atoms with van der Waals surface area (Å²) in [6.45, 7) is 0. The minimum absolute atomic E-state index is 0.725. The Balaban J connectivity index is 1.28. The number of imidazole rings is 1. The smallest absolute Gasteiger partial charge is 0.178 e. The third kappa shape index (κ3) is 3.79. The maximum absolute atomic E-state index is 4.54. The number of anilines is 2. The summed E-state index contributed by atoms with van der Waals surface area (Å²) >= 11 is 1.67. The molecule has 0 unspecified atom stereocenters. The summed E-state index contributed by atoms with van der Waals surface area (Å²) in [5.74, 6) is 0.735. The van der Waals surface area contributed by atoms with Crippen LogP contribution in [0.5, 0.6) is 0 Å². The molecule has 6 rings (SSSR count). The standard InChI is InChI=1S/C26H18N6S/c1-2-6-17(7-3-1)23-20-8-4-5-9-21(20)25(32-31-23)30-18-10-12-19(13-11-18)33-22-14-15-27-26-24(22)28-16-29-26/h1-16H,(H,30,32)(H,27,28,29). The number of pyridine rings is 1. The summed E-state index contributed by atoms with van der Waals surface area (Å²) in [6.07, 6.45) is 3.45. The number of rotatable bonds is 5. The maximum Gasteiger partial charge on any atom is 0.178 e. The molecule has 0 saturated carbocycles. The molecule has 158 valence electrons. The maximum atomic E-state index is 4.54. The van der Waals surface area contributed by atoms with Gasteiger partial charge in [-0.2, -0.15) is 0 Å². The molecule has 0 atom stereocenters. The second kappa shape index (κ2) is 8.37. The molecule has 0 fully saturated rings. The Morgan fingerprint density at radius 3 is 2.36 bits per heavy atom. The normalized spacial score (nSPS) is 11.2. The Bertz CT molecular complexity index is 1560. The summed E-state index contributed by atoms with van der Waals surface area (Å²) in [5, 5.41) is 14.6. The van der Waals surface area contributed by atoms with Gasteiger partial charge in [0.15, 0.2) is 11.5 Å². The molecule has 6 nitrogen and oxygen atoms in total. The van der Waals surface area contributed by atoms with Gasteiger partial charge < -0.3 is 10.3 Å². The van der Waals surface area contributed by atoms with Gasteiger partial charge in [0.2, 0.25) is 0 Å². The third-order valence-electron chi connectivity index (χ3n) is 5.37. The highest BCUT2D eigenvalue weighted by Gasteiger charge is 2.11. The molecule has 0 aliphatic heterocycles. The van der Waals surface area contributed by atoms with E-state index in [-0.39, 0.29) is 0 Å². The van der Waals surface area contributed by atoms with Gasteiger partial charge >= 0.3 is 0 Å². The Kier molecular flexibility index (Phi) is 4.93. The molecule has 0 spiro atoms. The number of nitrogens with one attached hydrogen (secondary N) is 2. The van der Waals surface area contributed by atoms with E-state index in [2.05, 4.69) is 79.0 Å². The van der Waals surface area contributed by atoms with E-state index in [0.717, 1.165) is 54.5 Å². The average molecular weight is 447 g/mol. The first kappa shape index (κ1) is 19.5. The number of hydrogen-bond donors (Lipinski definition) is 2. The number of aromatic nitrogens is 5. The highest BCUT2D eigenvalue weighted by molar-refractivity contribution is 7.99. The van der Waals surface area contributed by atoms with Crippen molar-refractivity contribution in [2.24, 2.45) is 0 Å². The molecule has 6 aromatic rings. The lowest BCUT2D eigenvalue weighted by Crippen LogP contribution is -1.99. The van der Waals surface area contributed by atoms with Crippen molar-refractivity contribution in [2.45, 2.75) is 9.79 Å². The molecule has 3 aromatic heterocycles. The molecule has 33 heavy (non-hydrogen) atoms. The quantitative estimate of drug-likeness (QED) is 0.316. The van der Waals surface area contributed by atoms with Gasteiger partial charge in [0, 0.05) is 38.0 Å². The Labute approximate surface area is 194 Å². The zero-order valence-electron chi connectivity index (χ0n) is 17.4. The van der Waals surface area contributed by atoms with Gasteiger partial charge in [-0.1, -0.05) is 66.4 Å². The van der Waals surface area contributed by atoms with Crippen molar-refractivity contribution >= 4 is 45.2 Å². The molecule has 7 heteroatoms. The number of hydrogen-bond acceptors (Lipinski definition) is 6. The minimum atomic E-state index is 0.725. The molecular weight excluding hydrogens is 428 g/mol. The fourth-order valence-electron chi connectivity index (χ4n) is 3.79. The number of benzene rings is 3. The zero-order valence-corrected chi connectivity index (χ0v) is 18.3. The van der Waals surface area contributed by atoms with Crippen molar-refractivity contribution in [1.29, 1.82) is 0 Å². The van der Waals surface area contributed by atoms with Crippen LogP contribution in [0.15, 0.2) is 107 Å². The fourth-order valence-corrected chi connectivity index (χ4v) is 4.69. The van der Waals surface area contributed by atoms with E-state index in [9.17, 15) is 0 Å². The van der Waals surface area contributed by atoms with Gasteiger partial charge in [-0.05, 0) is 30.3 Å². The highest BCUT2D eigenvalue weighted by Crippen LogP contribution is 2.34. The molecule has 0 amide bonds. The van der Waals surface area contributed by atoms with Gasteiger partial charge in [-0.3, -0.25) is 0 Å². The molecule has 3 heterocycles. The van der Waals surface area contributed by atoms with Crippen LogP contribution in [0, 0.1) is 0 Å². The largest absolute Gasteiger partial charge is 0.342 e. The fraction of sp³-hybridized carbons (Fsp3) is 0. The molecule has 3 aromatic carbocycles. The molecule has 0 radical (unpaired) electrons. The first-order chi connectivity index (χ1) is 16.3. The van der Waals surface area contributed by atoms with E-state index < -0.39 is 0 Å². The molecule has 0 bridgehead atoms. The molecule has 0 aliphatic carbocycles. The van der Waals surface area contributed by atoms with Crippen molar-refractivity contribution < 1.29 is 0 Å². The Morgan fingerprint density at radius 1 is 0.727 bits per heavy atom. The van der Waals surface area contributed by atoms with E-state index in [1.807, 2.05) is 36.4 Å². The molecule has 2 N–H and O–H groups in total. The second-order valence-electron chi connectivity index (χ2n) is 7.47. The monoisotopic (exact) mass is 446 g/mol. The van der Waals surface area contributed by atoms with Crippen LogP contribution in [0.25, 0.3) is 33.2 Å². The van der Waals surface area contributed by atoms with Crippen LogP contribution in [-0.2, 0) is 0 Å². The minimum Gasteiger partial charge on any atom is -0.342 e. The van der Waals surface area contributed by atoms with Crippen LogP contribution >= 0.6 is 11.8 Å². The molecule has 0 aliphatic rings. The van der Waals surface area contributed by atoms with Gasteiger partial charge in [0.1, 0.15) is 5.69 Å². The first-order valence-electron chi connectivity index (χ1n) is 10.5. The van der Waals surface area contributed by atoms with Gasteiger partial charge in [-0.15, -0.1) is 10.2 Å². The number of aromatic amines is 1. The van der Waals surface area contributed by atoms with Gasteiger partial charge in [-0.25, -0.2) is 9.97 Å². The Hall–Kier alpha value is -4.23. The van der Waals surface area contributed by atoms with E-state index in [1.165, 1.54) is 0 Å². The van der Waals surface area contributed by atoms with Crippen molar-refractivity contribution in [3.05, 3.63) is 97.5 Å². The summed E-state index contributed by atoms with van der Waals surface area (Å²) in [4.78, 5) is 13.9. The average Bonchev–Trinajstić information content (AvgIpc) is 3.36. The van der Waals surface area contributed by atoms with Gasteiger partial charge in [0.05, 0.1) is 11.8 Å². The van der Waals surface area contributed by atoms with Crippen LogP contribution in [0.1, 0.15) is 0 Å². The lowest BCUT2D eigenvalue weighted by Gasteiger charge is -2.11. The number of nitrogens with zero attached hydrogens (tertiary/aromatic N) is 4. The van der Waals surface area contributed by atoms with E-state index in [4.69, 9.17) is 0 Å². The van der Waals surface area contributed by atoms with E-state index in [0.29, 0.717) is 0 Å². The zero-order chi connectivity index (χ0) is 22.0. The topological polar surface area (TPSA) is 79.4 Å². The number of H-pyrrole nitrogens is 1. The lowest BCUT2D eigenvalue weighted by atomic mass is 10.0. The summed E-state index contributed by atoms with van der Waals surface area (Å²) in [5.41, 5.74) is 4.56. The lowest BCUT2D eigenvalue weighted by molar-refractivity contribution is 1.06. The summed E-state index contributed by atoms with van der Waals surface area (Å²) in [6, 6.07) is 28.6. The molecular formula is C26H18N6S. The van der Waals surface area contributed by atoms with Crippen LogP contribution in [0.2, 0.25) is 0 Å². The van der Waals surface area contributed by atoms with Crippen LogP contribution in [0.4, 0.5) is 11.5 Å². The summed E-state index contributed by atoms with van der Waals surface area (Å²) < 4.78 is 0. The second-order valence-corrected chi connectivity index (χ2v) is 8.59. The third-order valence-corrected chi connectivity index (χ3v) is 6.44. The van der Waals surface area contributed by atoms with Crippen molar-refractivity contribution in [3.63, 3.8) is 0 Å². The highest BCUT2D eigenvalue weighted by atomic mass is 32.2. The Morgan fingerprint density at radius 2 is 1.52 bits per heavy atom. The van der Waals surface area contributed by atoms with Crippen molar-refractivity contribution in [1.82, 2.24) is 25.1 Å². The predicted molar refractivity (Wildman–Crippen MR) is 133 cm³/mol. The predicted octanol–water partition coefficient (Wildman–Crippen LogP) is 6.46. The van der Waals surface area contributed by atoms with Crippen LogP contribution < -0.4 is 5.32 Å². The van der Waals surface area contributed by atoms with Crippen LogP contribution in [0.3, 0.4) is 0 Å². The van der Waals surface area contributed by atoms with Crippen molar-refractivity contribution in [2.75, 3.05) is 5.32 Å². The first-order valence-corrected chi connectivity index (χ1v) is 11.3. The van der Waals surface area contributed by atoms with E-state index >= 15 is 0 Å². The molecule has 0 saturated heterocycles. The van der Waals surface area contributed by atoms with Gasteiger partial charge in [0.25, 0.3) is 0 Å². The number of fused-ring (bicyclic) bond motifs is 2. The SMILES string of the molecule is c1ccc(-c2nnc(Nc3ccc(Sc4ccnc5nc[nH]c45)cc3)c3ccccc23)cc1. The van der Waals surface area contributed by atoms with Crippen LogP contribution in [-0.4, -0.2) is 25.1 Å².